The van der Waals surface area contributed by atoms with Gasteiger partial charge in [-0.3, -0.25) is 4.79 Å². The summed E-state index contributed by atoms with van der Waals surface area (Å²) in [7, 11) is 1.12. The van der Waals surface area contributed by atoms with E-state index in [9.17, 15) is 22.8 Å². The van der Waals surface area contributed by atoms with Crippen molar-refractivity contribution < 1.29 is 32.6 Å². The Morgan fingerprint density at radius 1 is 1.37 bits per heavy atom. The molecule has 0 spiro atoms. The molecule has 27 heavy (non-hydrogen) atoms. The number of β-amino-alcohol motifs (C(OH)–C–C–N with tert-alkyl or cyclic N) is 1. The maximum absolute atomic E-state index is 13.5. The van der Waals surface area contributed by atoms with Crippen LogP contribution in [-0.2, 0) is 20.5 Å². The Labute approximate surface area is 154 Å². The third-order valence-corrected chi connectivity index (χ3v) is 4.23. The van der Waals surface area contributed by atoms with E-state index in [0.717, 1.165) is 18.1 Å². The van der Waals surface area contributed by atoms with Crippen LogP contribution >= 0.6 is 0 Å². The van der Waals surface area contributed by atoms with Crippen LogP contribution in [0.5, 0.6) is 0 Å². The van der Waals surface area contributed by atoms with E-state index in [2.05, 4.69) is 10.1 Å². The Hall–Kier alpha value is -2.55. The van der Waals surface area contributed by atoms with E-state index in [1.165, 1.54) is 12.1 Å². The van der Waals surface area contributed by atoms with Crippen LogP contribution in [0.4, 0.5) is 18.9 Å². The molecule has 0 fully saturated rings. The monoisotopic (exact) mass is 386 g/mol. The number of benzene rings is 1. The van der Waals surface area contributed by atoms with Gasteiger partial charge in [-0.05, 0) is 23.6 Å². The molecule has 0 unspecified atom stereocenters. The molecule has 0 aromatic heterocycles. The predicted octanol–water partition coefficient (Wildman–Crippen LogP) is 2.50. The van der Waals surface area contributed by atoms with E-state index in [0.29, 0.717) is 5.56 Å². The van der Waals surface area contributed by atoms with Gasteiger partial charge in [0.1, 0.15) is 5.70 Å². The zero-order valence-corrected chi connectivity index (χ0v) is 15.2. The van der Waals surface area contributed by atoms with Gasteiger partial charge in [-0.1, -0.05) is 19.9 Å². The molecular formula is C18H21F3N2O4. The minimum Gasteiger partial charge on any atom is -0.466 e. The number of aliphatic hydroxyl groups excluding tert-OH is 1. The summed E-state index contributed by atoms with van der Waals surface area (Å²) in [4.78, 5) is 25.6. The van der Waals surface area contributed by atoms with Gasteiger partial charge in [-0.25, -0.2) is 4.79 Å². The van der Waals surface area contributed by atoms with Crippen LogP contribution in [-0.4, -0.2) is 48.7 Å². The van der Waals surface area contributed by atoms with Gasteiger partial charge in [0.2, 0.25) is 0 Å². The van der Waals surface area contributed by atoms with Crippen molar-refractivity contribution in [3.8, 4) is 0 Å². The number of alkyl halides is 3. The number of carbonyl (C=O) groups excluding carboxylic acids is 2. The van der Waals surface area contributed by atoms with E-state index in [1.807, 2.05) is 0 Å². The number of hydrogen-bond acceptors (Lipinski definition) is 5. The number of rotatable bonds is 6. The summed E-state index contributed by atoms with van der Waals surface area (Å²) in [5.41, 5.74) is -1.13. The topological polar surface area (TPSA) is 78.9 Å². The second-order valence-corrected chi connectivity index (χ2v) is 6.38. The number of hydrogen-bond donors (Lipinski definition) is 2. The molecule has 2 N–H and O–H groups in total. The first-order valence-electron chi connectivity index (χ1n) is 8.29. The lowest BCUT2D eigenvalue weighted by atomic mass is 9.99. The van der Waals surface area contributed by atoms with Crippen LogP contribution in [0.1, 0.15) is 30.9 Å². The van der Waals surface area contributed by atoms with Crippen molar-refractivity contribution in [1.29, 1.82) is 0 Å². The number of amides is 1. The first-order chi connectivity index (χ1) is 12.6. The minimum absolute atomic E-state index is 0.0527. The number of nitrogens with zero attached hydrogens (tertiary/aromatic N) is 1. The Morgan fingerprint density at radius 2 is 2.04 bits per heavy atom. The molecule has 1 aromatic rings. The van der Waals surface area contributed by atoms with Gasteiger partial charge in [0.15, 0.2) is 0 Å². The predicted molar refractivity (Wildman–Crippen MR) is 91.9 cm³/mol. The molecule has 1 amide bonds. The Bertz CT molecular complexity index is 772. The first kappa shape index (κ1) is 20.8. The quantitative estimate of drug-likeness (QED) is 0.735. The van der Waals surface area contributed by atoms with Crippen molar-refractivity contribution in [2.45, 2.75) is 25.9 Å². The van der Waals surface area contributed by atoms with Gasteiger partial charge in [-0.2, -0.15) is 13.2 Å². The smallest absolute Gasteiger partial charge is 0.418 e. The third kappa shape index (κ3) is 4.41. The van der Waals surface area contributed by atoms with Crippen LogP contribution in [0, 0.1) is 0 Å². The van der Waals surface area contributed by atoms with Crippen molar-refractivity contribution in [2.75, 3.05) is 32.1 Å². The summed E-state index contributed by atoms with van der Waals surface area (Å²) in [6.07, 6.45) is -4.65. The molecular weight excluding hydrogens is 365 g/mol. The summed E-state index contributed by atoms with van der Waals surface area (Å²) >= 11 is 0. The summed E-state index contributed by atoms with van der Waals surface area (Å²) < 4.78 is 45.1. The van der Waals surface area contributed by atoms with Gasteiger partial charge >= 0.3 is 12.1 Å². The lowest BCUT2D eigenvalue weighted by molar-refractivity contribution is -0.137. The number of anilines is 1. The molecule has 1 aliphatic rings. The van der Waals surface area contributed by atoms with Crippen LogP contribution < -0.4 is 5.32 Å². The van der Waals surface area contributed by atoms with Gasteiger partial charge in [0, 0.05) is 6.54 Å². The SMILES string of the molecule is COC(=O)C1=C(Nc2ccc(C(C)C)cc2C(F)(F)F)C(=O)N(CCO)C1. The van der Waals surface area contributed by atoms with Crippen LogP contribution in [0.2, 0.25) is 0 Å². The maximum atomic E-state index is 13.5. The number of methoxy groups -OCH3 is 1. The molecule has 0 bridgehead atoms. The van der Waals surface area contributed by atoms with E-state index in [4.69, 9.17) is 5.11 Å². The van der Waals surface area contributed by atoms with E-state index in [1.54, 1.807) is 13.8 Å². The zero-order chi connectivity index (χ0) is 20.4. The highest BCUT2D eigenvalue weighted by atomic mass is 19.4. The van der Waals surface area contributed by atoms with E-state index < -0.39 is 23.6 Å². The van der Waals surface area contributed by atoms with Gasteiger partial charge in [0.05, 0.1) is 37.1 Å². The standard InChI is InChI=1S/C18H21F3N2O4/c1-10(2)11-4-5-14(13(8-11)18(19,20)21)22-15-12(17(26)27-3)9-23(6-7-24)16(15)25/h4-5,8,10,22,24H,6-7,9H2,1-3H3. The largest absolute Gasteiger partial charge is 0.466 e. The second kappa shape index (κ2) is 7.99. The first-order valence-corrected chi connectivity index (χ1v) is 8.29. The normalized spacial score (nSPS) is 15.0. The Balaban J connectivity index is 2.49. The lowest BCUT2D eigenvalue weighted by Crippen LogP contribution is -2.31. The number of ether oxygens (including phenoxy) is 1. The molecule has 1 heterocycles. The molecule has 0 aliphatic carbocycles. The number of aliphatic hydroxyl groups is 1. The van der Waals surface area contributed by atoms with Crippen molar-refractivity contribution >= 4 is 17.6 Å². The molecule has 0 saturated heterocycles. The van der Waals surface area contributed by atoms with E-state index >= 15 is 0 Å². The molecule has 1 aromatic carbocycles. The highest BCUT2D eigenvalue weighted by Gasteiger charge is 2.38. The Morgan fingerprint density at radius 3 is 2.56 bits per heavy atom. The number of esters is 1. The van der Waals surface area contributed by atoms with Crippen LogP contribution in [0.3, 0.4) is 0 Å². The fourth-order valence-corrected chi connectivity index (χ4v) is 2.75. The molecule has 9 heteroatoms. The summed E-state index contributed by atoms with van der Waals surface area (Å²) in [6.45, 7) is 2.99. The average Bonchev–Trinajstić information content (AvgIpc) is 2.90. The minimum atomic E-state index is -4.65. The van der Waals surface area contributed by atoms with Crippen LogP contribution in [0.15, 0.2) is 29.5 Å². The molecule has 0 saturated carbocycles. The average molecular weight is 386 g/mol. The van der Waals surface area contributed by atoms with E-state index in [-0.39, 0.29) is 42.6 Å². The van der Waals surface area contributed by atoms with Crippen molar-refractivity contribution in [2.24, 2.45) is 0 Å². The zero-order valence-electron chi connectivity index (χ0n) is 15.2. The second-order valence-electron chi connectivity index (χ2n) is 6.38. The summed E-state index contributed by atoms with van der Waals surface area (Å²) in [5.74, 6) is -1.61. The van der Waals surface area contributed by atoms with Crippen molar-refractivity contribution in [3.63, 3.8) is 0 Å². The third-order valence-electron chi connectivity index (χ3n) is 4.23. The van der Waals surface area contributed by atoms with Crippen molar-refractivity contribution in [3.05, 3.63) is 40.6 Å². The highest BCUT2D eigenvalue weighted by Crippen LogP contribution is 2.38. The Kier molecular flexibility index (Phi) is 6.15. The van der Waals surface area contributed by atoms with Gasteiger partial charge in [-0.15, -0.1) is 0 Å². The number of halogens is 3. The summed E-state index contributed by atoms with van der Waals surface area (Å²) in [6, 6.07) is 3.80. The number of carbonyl (C=O) groups is 2. The molecule has 1 aliphatic heterocycles. The van der Waals surface area contributed by atoms with Crippen LogP contribution in [0.25, 0.3) is 0 Å². The molecule has 0 atom stereocenters. The number of nitrogens with one attached hydrogen (secondary N) is 1. The van der Waals surface area contributed by atoms with Gasteiger partial charge < -0.3 is 20.1 Å². The molecule has 2 rings (SSSR count). The molecule has 6 nitrogen and oxygen atoms in total. The lowest BCUT2D eigenvalue weighted by Gasteiger charge is -2.18. The molecule has 0 radical (unpaired) electrons. The van der Waals surface area contributed by atoms with Gasteiger partial charge in [0.25, 0.3) is 5.91 Å². The summed E-state index contributed by atoms with van der Waals surface area (Å²) in [5, 5.41) is 11.5. The fourth-order valence-electron chi connectivity index (χ4n) is 2.75. The maximum Gasteiger partial charge on any atom is 0.418 e. The fraction of sp³-hybridized carbons (Fsp3) is 0.444. The van der Waals surface area contributed by atoms with Crippen molar-refractivity contribution in [1.82, 2.24) is 4.90 Å². The highest BCUT2D eigenvalue weighted by molar-refractivity contribution is 6.08. The molecule has 148 valence electrons.